The molecule has 2 aromatic heterocycles. The number of benzene rings is 1. The van der Waals surface area contributed by atoms with Gasteiger partial charge in [-0.25, -0.2) is 15.0 Å². The molecule has 0 fully saturated rings. The van der Waals surface area contributed by atoms with Crippen molar-refractivity contribution >= 4 is 11.7 Å². The Kier molecular flexibility index (Phi) is 6.15. The number of nitrogens with two attached hydrogens (primary N) is 1. The molecule has 0 bridgehead atoms. The van der Waals surface area contributed by atoms with Crippen LogP contribution in [0.3, 0.4) is 0 Å². The van der Waals surface area contributed by atoms with Crippen LogP contribution in [0.5, 0.6) is 11.9 Å². The molecule has 10 nitrogen and oxygen atoms in total. The maximum atomic E-state index is 12.0. The summed E-state index contributed by atoms with van der Waals surface area (Å²) in [5, 5.41) is 11.4. The predicted molar refractivity (Wildman–Crippen MR) is 105 cm³/mol. The number of amides is 1. The van der Waals surface area contributed by atoms with Crippen molar-refractivity contribution in [1.29, 1.82) is 0 Å². The lowest BCUT2D eigenvalue weighted by Gasteiger charge is -2.10. The van der Waals surface area contributed by atoms with Crippen LogP contribution in [0.25, 0.3) is 22.5 Å². The summed E-state index contributed by atoms with van der Waals surface area (Å²) >= 11 is 0. The summed E-state index contributed by atoms with van der Waals surface area (Å²) in [4.78, 5) is 29.0. The van der Waals surface area contributed by atoms with Gasteiger partial charge in [0.25, 0.3) is 5.91 Å². The van der Waals surface area contributed by atoms with Crippen molar-refractivity contribution in [2.75, 3.05) is 33.1 Å². The number of methoxy groups -OCH3 is 2. The van der Waals surface area contributed by atoms with Crippen molar-refractivity contribution in [1.82, 2.24) is 25.3 Å². The second kappa shape index (κ2) is 8.93. The molecule has 0 aliphatic rings. The highest BCUT2D eigenvalue weighted by atomic mass is 16.5. The molecule has 0 radical (unpaired) electrons. The number of aromatic nitrogens is 4. The van der Waals surface area contributed by atoms with E-state index in [-0.39, 0.29) is 36.8 Å². The third-order valence-corrected chi connectivity index (χ3v) is 4.00. The van der Waals surface area contributed by atoms with E-state index in [1.807, 2.05) is 0 Å². The highest BCUT2D eigenvalue weighted by Crippen LogP contribution is 2.30. The Morgan fingerprint density at radius 3 is 2.52 bits per heavy atom. The lowest BCUT2D eigenvalue weighted by atomic mass is 10.1. The Labute approximate surface area is 166 Å². The standard InChI is InChI=1S/C19H20N6O4/c1-28-18-13(9-23-19(25-18)29-2)14-10-22-16(20)15(24-14)11-3-5-12(6-4-11)17(27)21-7-8-26/h3-6,9-10,26H,7-8H2,1-2H3,(H2,20,22)(H,21,27). The first-order valence-electron chi connectivity index (χ1n) is 8.64. The SMILES string of the molecule is COc1ncc(-c2cnc(N)c(-c3ccc(C(=O)NCCO)cc3)n2)c(OC)n1. The molecule has 4 N–H and O–H groups in total. The zero-order valence-corrected chi connectivity index (χ0v) is 15.9. The molecule has 1 aromatic carbocycles. The third-order valence-electron chi connectivity index (χ3n) is 4.00. The highest BCUT2D eigenvalue weighted by molar-refractivity contribution is 5.94. The Morgan fingerprint density at radius 2 is 1.86 bits per heavy atom. The summed E-state index contributed by atoms with van der Waals surface area (Å²) < 4.78 is 10.3. The first-order chi connectivity index (χ1) is 14.1. The van der Waals surface area contributed by atoms with Gasteiger partial charge in [0.15, 0.2) is 0 Å². The maximum absolute atomic E-state index is 12.0. The zero-order chi connectivity index (χ0) is 20.8. The number of aliphatic hydroxyl groups excluding tert-OH is 1. The summed E-state index contributed by atoms with van der Waals surface area (Å²) in [7, 11) is 2.95. The number of rotatable bonds is 7. The topological polar surface area (TPSA) is 145 Å². The van der Waals surface area contributed by atoms with Crippen LogP contribution in [0.2, 0.25) is 0 Å². The molecule has 0 unspecified atom stereocenters. The van der Waals surface area contributed by atoms with E-state index in [2.05, 4.69) is 25.3 Å². The average molecular weight is 396 g/mol. The fraction of sp³-hybridized carbons (Fsp3) is 0.211. The molecule has 2 heterocycles. The van der Waals surface area contributed by atoms with Gasteiger partial charge in [-0.2, -0.15) is 4.98 Å². The molecule has 0 atom stereocenters. The van der Waals surface area contributed by atoms with E-state index in [1.54, 1.807) is 24.3 Å². The summed E-state index contributed by atoms with van der Waals surface area (Å²) in [6.07, 6.45) is 3.03. The largest absolute Gasteiger partial charge is 0.480 e. The van der Waals surface area contributed by atoms with Crippen LogP contribution in [0, 0.1) is 0 Å². The first-order valence-corrected chi connectivity index (χ1v) is 8.64. The van der Waals surface area contributed by atoms with Gasteiger partial charge >= 0.3 is 6.01 Å². The second-order valence-corrected chi connectivity index (χ2v) is 5.83. The normalized spacial score (nSPS) is 10.4. The molecule has 0 saturated heterocycles. The Bertz CT molecular complexity index is 1010. The lowest BCUT2D eigenvalue weighted by molar-refractivity contribution is 0.0945. The van der Waals surface area contributed by atoms with E-state index >= 15 is 0 Å². The van der Waals surface area contributed by atoms with E-state index in [9.17, 15) is 4.79 Å². The average Bonchev–Trinajstić information content (AvgIpc) is 2.77. The van der Waals surface area contributed by atoms with E-state index < -0.39 is 0 Å². The van der Waals surface area contributed by atoms with Gasteiger partial charge in [0.05, 0.1) is 38.3 Å². The molecule has 0 aliphatic heterocycles. The van der Waals surface area contributed by atoms with Gasteiger partial charge in [-0.05, 0) is 12.1 Å². The molecule has 0 saturated carbocycles. The number of hydrogen-bond acceptors (Lipinski definition) is 9. The molecule has 3 aromatic rings. The Hall–Kier alpha value is -3.79. The molecule has 0 aliphatic carbocycles. The minimum absolute atomic E-state index is 0.124. The van der Waals surface area contributed by atoms with E-state index in [4.69, 9.17) is 20.3 Å². The van der Waals surface area contributed by atoms with Crippen LogP contribution in [-0.2, 0) is 0 Å². The predicted octanol–water partition coefficient (Wildman–Crippen LogP) is 0.922. The van der Waals surface area contributed by atoms with E-state index in [0.717, 1.165) is 0 Å². The third kappa shape index (κ3) is 4.38. The fourth-order valence-corrected chi connectivity index (χ4v) is 2.57. The summed E-state index contributed by atoms with van der Waals surface area (Å²) in [5.74, 6) is 0.246. The number of nitrogens with one attached hydrogen (secondary N) is 1. The maximum Gasteiger partial charge on any atom is 0.319 e. The monoisotopic (exact) mass is 396 g/mol. The van der Waals surface area contributed by atoms with Gasteiger partial charge in [-0.1, -0.05) is 12.1 Å². The van der Waals surface area contributed by atoms with Crippen molar-refractivity contribution in [3.8, 4) is 34.4 Å². The number of nitrogen functional groups attached to an aromatic ring is 1. The van der Waals surface area contributed by atoms with Crippen LogP contribution >= 0.6 is 0 Å². The first kappa shape index (κ1) is 20.0. The van der Waals surface area contributed by atoms with Crippen LogP contribution in [0.1, 0.15) is 10.4 Å². The van der Waals surface area contributed by atoms with E-state index in [0.29, 0.717) is 28.1 Å². The Balaban J connectivity index is 1.95. The minimum Gasteiger partial charge on any atom is -0.480 e. The quantitative estimate of drug-likeness (QED) is 0.530. The van der Waals surface area contributed by atoms with Gasteiger partial charge in [0.2, 0.25) is 5.88 Å². The van der Waals surface area contributed by atoms with Gasteiger partial charge in [0, 0.05) is 23.9 Å². The fourth-order valence-electron chi connectivity index (χ4n) is 2.57. The molecular weight excluding hydrogens is 376 g/mol. The number of nitrogens with zero attached hydrogens (tertiary/aromatic N) is 4. The highest BCUT2D eigenvalue weighted by Gasteiger charge is 2.15. The molecule has 10 heteroatoms. The smallest absolute Gasteiger partial charge is 0.319 e. The zero-order valence-electron chi connectivity index (χ0n) is 15.9. The van der Waals surface area contributed by atoms with E-state index in [1.165, 1.54) is 26.6 Å². The van der Waals surface area contributed by atoms with Crippen LogP contribution in [-0.4, -0.2) is 58.3 Å². The Morgan fingerprint density at radius 1 is 1.10 bits per heavy atom. The number of aliphatic hydroxyl groups is 1. The van der Waals surface area contributed by atoms with Crippen molar-refractivity contribution in [3.63, 3.8) is 0 Å². The number of anilines is 1. The summed E-state index contributed by atoms with van der Waals surface area (Å²) in [5.41, 5.74) is 8.60. The summed E-state index contributed by atoms with van der Waals surface area (Å²) in [6, 6.07) is 6.91. The molecule has 1 amide bonds. The lowest BCUT2D eigenvalue weighted by Crippen LogP contribution is -2.26. The van der Waals surface area contributed by atoms with Gasteiger partial charge in [-0.15, -0.1) is 0 Å². The van der Waals surface area contributed by atoms with Crippen molar-refractivity contribution in [2.45, 2.75) is 0 Å². The molecule has 3 rings (SSSR count). The van der Waals surface area contributed by atoms with Crippen LogP contribution < -0.4 is 20.5 Å². The van der Waals surface area contributed by atoms with Gasteiger partial charge in [-0.3, -0.25) is 4.79 Å². The van der Waals surface area contributed by atoms with Crippen molar-refractivity contribution in [3.05, 3.63) is 42.2 Å². The van der Waals surface area contributed by atoms with Crippen molar-refractivity contribution < 1.29 is 19.4 Å². The molecule has 29 heavy (non-hydrogen) atoms. The van der Waals surface area contributed by atoms with Crippen LogP contribution in [0.15, 0.2) is 36.7 Å². The molecular formula is C19H20N6O4. The number of ether oxygens (including phenoxy) is 2. The second-order valence-electron chi connectivity index (χ2n) is 5.83. The minimum atomic E-state index is -0.279. The number of hydrogen-bond donors (Lipinski definition) is 3. The number of carbonyl (C=O) groups is 1. The number of carbonyl (C=O) groups excluding carboxylic acids is 1. The van der Waals surface area contributed by atoms with Gasteiger partial charge < -0.3 is 25.6 Å². The van der Waals surface area contributed by atoms with Crippen molar-refractivity contribution in [2.24, 2.45) is 0 Å². The van der Waals surface area contributed by atoms with Crippen LogP contribution in [0.4, 0.5) is 5.82 Å². The summed E-state index contributed by atoms with van der Waals surface area (Å²) in [6.45, 7) is 0.0636. The molecule has 0 spiro atoms. The van der Waals surface area contributed by atoms with Gasteiger partial charge in [0.1, 0.15) is 11.5 Å². The molecule has 150 valence electrons.